The average Bonchev–Trinajstić information content (AvgIpc) is 2.75. The number of nitrogens with one attached hydrogen (secondary N) is 1. The maximum Gasteiger partial charge on any atom is 0.223 e. The number of halogens is 2. The van der Waals surface area contributed by atoms with Crippen LogP contribution < -0.4 is 10.1 Å². The number of amides is 1. The van der Waals surface area contributed by atoms with E-state index >= 15 is 0 Å². The number of hydrogen-bond donors (Lipinski definition) is 1. The monoisotopic (exact) mass is 484 g/mol. The Balaban J connectivity index is 1.54. The molecule has 2 aromatic carbocycles. The van der Waals surface area contributed by atoms with E-state index in [0.29, 0.717) is 41.5 Å². The number of carbonyl (C=O) groups is 1. The van der Waals surface area contributed by atoms with Crippen molar-refractivity contribution in [3.05, 3.63) is 63.6 Å². The molecule has 0 aromatic heterocycles. The minimum Gasteiger partial charge on any atom is -0.497 e. The van der Waals surface area contributed by atoms with Crippen LogP contribution >= 0.6 is 23.2 Å². The highest BCUT2D eigenvalue weighted by molar-refractivity contribution is 7.88. The lowest BCUT2D eigenvalue weighted by atomic mass is 9.96. The fourth-order valence-corrected chi connectivity index (χ4v) is 5.78. The Labute approximate surface area is 193 Å². The molecule has 0 spiro atoms. The van der Waals surface area contributed by atoms with E-state index in [1.54, 1.807) is 19.2 Å². The lowest BCUT2D eigenvalue weighted by Crippen LogP contribution is -2.43. The SMILES string of the molecule is COc1ccc([C@@H](C)NC(=O)C2CCN(S(=O)(=O)Cc3ccc(Cl)cc3Cl)CC2)cc1. The zero-order valence-corrected chi connectivity index (χ0v) is 19.8. The summed E-state index contributed by atoms with van der Waals surface area (Å²) in [5, 5.41) is 3.82. The van der Waals surface area contributed by atoms with Crippen LogP contribution in [0.1, 0.15) is 36.9 Å². The van der Waals surface area contributed by atoms with Crippen LogP contribution in [0.15, 0.2) is 42.5 Å². The van der Waals surface area contributed by atoms with Crippen molar-refractivity contribution in [3.8, 4) is 5.75 Å². The summed E-state index contributed by atoms with van der Waals surface area (Å²) < 4.78 is 32.2. The fourth-order valence-electron chi connectivity index (χ4n) is 3.63. The molecule has 0 aliphatic carbocycles. The first-order valence-corrected chi connectivity index (χ1v) is 12.4. The second-order valence-electron chi connectivity index (χ2n) is 7.67. The lowest BCUT2D eigenvalue weighted by Gasteiger charge is -2.31. The average molecular weight is 485 g/mol. The second kappa shape index (κ2) is 10.2. The van der Waals surface area contributed by atoms with Crippen molar-refractivity contribution >= 4 is 39.1 Å². The van der Waals surface area contributed by atoms with E-state index in [2.05, 4.69) is 5.32 Å². The Morgan fingerprint density at radius 3 is 2.39 bits per heavy atom. The predicted octanol–water partition coefficient (Wildman–Crippen LogP) is 4.42. The number of piperidine rings is 1. The molecule has 0 radical (unpaired) electrons. The quantitative estimate of drug-likeness (QED) is 0.630. The Hall–Kier alpha value is -1.80. The van der Waals surface area contributed by atoms with Crippen LogP contribution in [-0.4, -0.2) is 38.8 Å². The van der Waals surface area contributed by atoms with E-state index in [4.69, 9.17) is 27.9 Å². The number of sulfonamides is 1. The van der Waals surface area contributed by atoms with Crippen molar-refractivity contribution in [2.24, 2.45) is 5.92 Å². The highest BCUT2D eigenvalue weighted by Gasteiger charge is 2.32. The van der Waals surface area contributed by atoms with Gasteiger partial charge in [0, 0.05) is 29.1 Å². The van der Waals surface area contributed by atoms with Gasteiger partial charge in [-0.1, -0.05) is 41.4 Å². The van der Waals surface area contributed by atoms with E-state index in [1.165, 1.54) is 10.4 Å². The van der Waals surface area contributed by atoms with Crippen molar-refractivity contribution in [2.45, 2.75) is 31.6 Å². The number of rotatable bonds is 7. The summed E-state index contributed by atoms with van der Waals surface area (Å²) in [6, 6.07) is 12.2. The lowest BCUT2D eigenvalue weighted by molar-refractivity contribution is -0.126. The van der Waals surface area contributed by atoms with Gasteiger partial charge in [0.25, 0.3) is 0 Å². The normalized spacial score (nSPS) is 16.6. The maximum absolute atomic E-state index is 12.8. The van der Waals surface area contributed by atoms with Gasteiger partial charge in [-0.2, -0.15) is 0 Å². The number of hydrogen-bond acceptors (Lipinski definition) is 4. The summed E-state index contributed by atoms with van der Waals surface area (Å²) in [6.45, 7) is 2.54. The van der Waals surface area contributed by atoms with E-state index in [9.17, 15) is 13.2 Å². The molecule has 1 N–H and O–H groups in total. The van der Waals surface area contributed by atoms with Gasteiger partial charge in [0.15, 0.2) is 0 Å². The molecule has 31 heavy (non-hydrogen) atoms. The molecule has 168 valence electrons. The molecule has 1 amide bonds. The van der Waals surface area contributed by atoms with Crippen LogP contribution in [-0.2, 0) is 20.6 Å². The van der Waals surface area contributed by atoms with Crippen LogP contribution in [0.2, 0.25) is 10.0 Å². The zero-order valence-electron chi connectivity index (χ0n) is 17.5. The third kappa shape index (κ3) is 6.13. The Bertz CT molecular complexity index is 1020. The summed E-state index contributed by atoms with van der Waals surface area (Å²) in [5.41, 5.74) is 1.49. The van der Waals surface area contributed by atoms with Crippen LogP contribution in [0, 0.1) is 5.92 Å². The standard InChI is InChI=1S/C22H26Cl2N2O4S/c1-15(16-4-7-20(30-2)8-5-16)25-22(27)17-9-11-26(12-10-17)31(28,29)14-18-3-6-19(23)13-21(18)24/h3-8,13,15,17H,9-12,14H2,1-2H3,(H,25,27)/t15-/m1/s1. The molecule has 3 rings (SSSR count). The Morgan fingerprint density at radius 1 is 1.16 bits per heavy atom. The van der Waals surface area contributed by atoms with Gasteiger partial charge in [-0.05, 0) is 55.2 Å². The molecule has 1 saturated heterocycles. The highest BCUT2D eigenvalue weighted by Crippen LogP contribution is 2.27. The minimum absolute atomic E-state index is 0.0545. The van der Waals surface area contributed by atoms with Gasteiger partial charge in [0.1, 0.15) is 5.75 Å². The first kappa shape index (κ1) is 23.9. The van der Waals surface area contributed by atoms with Gasteiger partial charge in [-0.15, -0.1) is 0 Å². The molecule has 6 nitrogen and oxygen atoms in total. The third-order valence-corrected chi connectivity index (χ3v) is 7.96. The van der Waals surface area contributed by atoms with Crippen LogP contribution in [0.3, 0.4) is 0 Å². The third-order valence-electron chi connectivity index (χ3n) is 5.55. The van der Waals surface area contributed by atoms with Gasteiger partial charge in [0.05, 0.1) is 18.9 Å². The van der Waals surface area contributed by atoms with Gasteiger partial charge in [-0.25, -0.2) is 12.7 Å². The summed E-state index contributed by atoms with van der Waals surface area (Å²) in [5.74, 6) is 0.303. The summed E-state index contributed by atoms with van der Waals surface area (Å²) in [6.07, 6.45) is 0.962. The van der Waals surface area contributed by atoms with Crippen molar-refractivity contribution in [2.75, 3.05) is 20.2 Å². The Morgan fingerprint density at radius 2 is 1.81 bits per heavy atom. The summed E-state index contributed by atoms with van der Waals surface area (Å²) in [4.78, 5) is 12.7. The first-order valence-electron chi connectivity index (χ1n) is 10.1. The van der Waals surface area contributed by atoms with Gasteiger partial charge in [0.2, 0.25) is 15.9 Å². The second-order valence-corrected chi connectivity index (χ2v) is 10.5. The first-order chi connectivity index (χ1) is 14.7. The van der Waals surface area contributed by atoms with E-state index < -0.39 is 10.0 Å². The number of carbonyl (C=O) groups excluding carboxylic acids is 1. The summed E-state index contributed by atoms with van der Waals surface area (Å²) >= 11 is 12.0. The fraction of sp³-hybridized carbons (Fsp3) is 0.409. The molecule has 2 aromatic rings. The van der Waals surface area contributed by atoms with E-state index in [0.717, 1.165) is 11.3 Å². The van der Waals surface area contributed by atoms with Crippen LogP contribution in [0.4, 0.5) is 0 Å². The van der Waals surface area contributed by atoms with Crippen molar-refractivity contribution in [1.29, 1.82) is 0 Å². The molecule has 1 fully saturated rings. The minimum atomic E-state index is -3.53. The number of benzene rings is 2. The van der Waals surface area contributed by atoms with Crippen molar-refractivity contribution < 1.29 is 17.9 Å². The molecule has 9 heteroatoms. The zero-order chi connectivity index (χ0) is 22.6. The number of ether oxygens (including phenoxy) is 1. The van der Waals surface area contributed by atoms with E-state index in [-0.39, 0.29) is 23.6 Å². The van der Waals surface area contributed by atoms with Gasteiger partial charge in [-0.3, -0.25) is 4.79 Å². The number of nitrogens with zero attached hydrogens (tertiary/aromatic N) is 1. The van der Waals surface area contributed by atoms with E-state index in [1.807, 2.05) is 31.2 Å². The van der Waals surface area contributed by atoms with Crippen LogP contribution in [0.5, 0.6) is 5.75 Å². The molecule has 1 atom stereocenters. The smallest absolute Gasteiger partial charge is 0.223 e. The Kier molecular flexibility index (Phi) is 7.86. The molecule has 1 aliphatic heterocycles. The molecule has 1 aliphatic rings. The molecule has 0 unspecified atom stereocenters. The molecule has 0 saturated carbocycles. The maximum atomic E-state index is 12.8. The van der Waals surface area contributed by atoms with Gasteiger partial charge < -0.3 is 10.1 Å². The van der Waals surface area contributed by atoms with Crippen LogP contribution in [0.25, 0.3) is 0 Å². The van der Waals surface area contributed by atoms with Crippen molar-refractivity contribution in [1.82, 2.24) is 9.62 Å². The molecule has 1 heterocycles. The largest absolute Gasteiger partial charge is 0.497 e. The molecular formula is C22H26Cl2N2O4S. The summed E-state index contributed by atoms with van der Waals surface area (Å²) in [7, 11) is -1.92. The molecule has 0 bridgehead atoms. The van der Waals surface area contributed by atoms with Gasteiger partial charge >= 0.3 is 0 Å². The predicted molar refractivity (Wildman–Crippen MR) is 123 cm³/mol. The number of methoxy groups -OCH3 is 1. The molecular weight excluding hydrogens is 459 g/mol. The highest BCUT2D eigenvalue weighted by atomic mass is 35.5. The van der Waals surface area contributed by atoms with Crippen molar-refractivity contribution in [3.63, 3.8) is 0 Å². The topological polar surface area (TPSA) is 75.7 Å².